The Kier molecular flexibility index (Phi) is 3.74. The first-order valence-electron chi connectivity index (χ1n) is 4.76. The third-order valence-corrected chi connectivity index (χ3v) is 3.93. The molecule has 16 heavy (non-hydrogen) atoms. The van der Waals surface area contributed by atoms with Crippen LogP contribution in [0.3, 0.4) is 0 Å². The van der Waals surface area contributed by atoms with Crippen LogP contribution in [-0.2, 0) is 6.54 Å². The van der Waals surface area contributed by atoms with Crippen molar-refractivity contribution in [1.29, 1.82) is 0 Å². The molecule has 0 amide bonds. The van der Waals surface area contributed by atoms with Gasteiger partial charge in [0.25, 0.3) is 0 Å². The van der Waals surface area contributed by atoms with Gasteiger partial charge < -0.3 is 10.6 Å². The summed E-state index contributed by atoms with van der Waals surface area (Å²) < 4.78 is 1.13. The molecule has 0 aliphatic carbocycles. The Balaban J connectivity index is 2.02. The summed E-state index contributed by atoms with van der Waals surface area (Å²) in [6.45, 7) is 0.762. The topological polar surface area (TPSA) is 49.8 Å². The number of hydrogen-bond acceptors (Lipinski definition) is 5. The molecular weight excluding hydrogens is 288 g/mol. The molecule has 0 atom stereocenters. The molecule has 0 saturated carbocycles. The van der Waals surface area contributed by atoms with Gasteiger partial charge in [0.05, 0.1) is 6.54 Å². The van der Waals surface area contributed by atoms with Crippen LogP contribution in [-0.4, -0.2) is 17.0 Å². The van der Waals surface area contributed by atoms with Crippen molar-refractivity contribution in [2.45, 2.75) is 6.54 Å². The lowest BCUT2D eigenvalue weighted by Gasteiger charge is -2.05. The zero-order valence-electron chi connectivity index (χ0n) is 8.70. The number of thiophene rings is 1. The van der Waals surface area contributed by atoms with Crippen LogP contribution in [0.5, 0.6) is 0 Å². The normalized spacial score (nSPS) is 10.1. The number of rotatable bonds is 4. The number of halogens is 1. The standard InChI is InChI=1S/C10H11BrN4S/c1-12-10-13-4-2-9(15-10)14-6-8-7(11)3-5-16-8/h2-5H,6H2,1H3,(H2,12,13,14,15). The Bertz CT molecular complexity index is 471. The molecule has 2 rings (SSSR count). The van der Waals surface area contributed by atoms with Gasteiger partial charge in [-0.25, -0.2) is 4.98 Å². The molecular formula is C10H11BrN4S. The Hall–Kier alpha value is -1.14. The van der Waals surface area contributed by atoms with Crippen LogP contribution in [0.1, 0.15) is 4.88 Å². The summed E-state index contributed by atoms with van der Waals surface area (Å²) in [5, 5.41) is 8.21. The van der Waals surface area contributed by atoms with E-state index in [1.807, 2.05) is 12.1 Å². The van der Waals surface area contributed by atoms with Gasteiger partial charge in [-0.05, 0) is 33.4 Å². The van der Waals surface area contributed by atoms with Gasteiger partial charge in [0, 0.05) is 22.6 Å². The lowest BCUT2D eigenvalue weighted by atomic mass is 10.4. The number of nitrogens with zero attached hydrogens (tertiary/aromatic N) is 2. The van der Waals surface area contributed by atoms with E-state index in [0.717, 1.165) is 16.8 Å². The van der Waals surface area contributed by atoms with Gasteiger partial charge in [0.1, 0.15) is 5.82 Å². The van der Waals surface area contributed by atoms with Gasteiger partial charge in [-0.15, -0.1) is 11.3 Å². The molecule has 4 nitrogen and oxygen atoms in total. The van der Waals surface area contributed by atoms with Crippen molar-refractivity contribution >= 4 is 39.0 Å². The highest BCUT2D eigenvalue weighted by Gasteiger charge is 2.02. The minimum Gasteiger partial charge on any atom is -0.365 e. The average molecular weight is 299 g/mol. The Morgan fingerprint density at radius 1 is 1.44 bits per heavy atom. The summed E-state index contributed by atoms with van der Waals surface area (Å²) in [5.74, 6) is 1.44. The molecule has 0 aliphatic heterocycles. The summed E-state index contributed by atoms with van der Waals surface area (Å²) in [5.41, 5.74) is 0. The van der Waals surface area contributed by atoms with Crippen molar-refractivity contribution in [3.63, 3.8) is 0 Å². The van der Waals surface area contributed by atoms with Crippen molar-refractivity contribution in [3.8, 4) is 0 Å². The van der Waals surface area contributed by atoms with E-state index in [-0.39, 0.29) is 0 Å². The first kappa shape index (κ1) is 11.3. The largest absolute Gasteiger partial charge is 0.365 e. The van der Waals surface area contributed by atoms with E-state index in [4.69, 9.17) is 0 Å². The zero-order valence-corrected chi connectivity index (χ0v) is 11.1. The van der Waals surface area contributed by atoms with Crippen molar-refractivity contribution in [3.05, 3.63) is 33.1 Å². The fraction of sp³-hybridized carbons (Fsp3) is 0.200. The second kappa shape index (κ2) is 5.27. The molecule has 84 valence electrons. The van der Waals surface area contributed by atoms with Crippen LogP contribution < -0.4 is 10.6 Å². The average Bonchev–Trinajstić information content (AvgIpc) is 2.72. The Morgan fingerprint density at radius 2 is 2.31 bits per heavy atom. The van der Waals surface area contributed by atoms with Gasteiger partial charge in [-0.2, -0.15) is 4.98 Å². The maximum atomic E-state index is 4.28. The zero-order chi connectivity index (χ0) is 11.4. The van der Waals surface area contributed by atoms with Crippen molar-refractivity contribution in [2.24, 2.45) is 0 Å². The number of aromatic nitrogens is 2. The molecule has 0 unspecified atom stereocenters. The highest BCUT2D eigenvalue weighted by Crippen LogP contribution is 2.23. The molecule has 2 N–H and O–H groups in total. The Morgan fingerprint density at radius 3 is 3.00 bits per heavy atom. The van der Waals surface area contributed by atoms with E-state index in [2.05, 4.69) is 41.9 Å². The highest BCUT2D eigenvalue weighted by molar-refractivity contribution is 9.10. The van der Waals surface area contributed by atoms with E-state index < -0.39 is 0 Å². The van der Waals surface area contributed by atoms with Gasteiger partial charge in [0.2, 0.25) is 5.95 Å². The second-order valence-electron chi connectivity index (χ2n) is 3.06. The lowest BCUT2D eigenvalue weighted by molar-refractivity contribution is 1.09. The van der Waals surface area contributed by atoms with Crippen LogP contribution in [0, 0.1) is 0 Å². The van der Waals surface area contributed by atoms with Crippen LogP contribution >= 0.6 is 27.3 Å². The van der Waals surface area contributed by atoms with E-state index >= 15 is 0 Å². The molecule has 0 aromatic carbocycles. The quantitative estimate of drug-likeness (QED) is 0.911. The minimum atomic E-state index is 0.621. The van der Waals surface area contributed by atoms with Crippen LogP contribution in [0.2, 0.25) is 0 Å². The highest BCUT2D eigenvalue weighted by atomic mass is 79.9. The molecule has 0 saturated heterocycles. The minimum absolute atomic E-state index is 0.621. The summed E-state index contributed by atoms with van der Waals surface area (Å²) in [7, 11) is 1.80. The van der Waals surface area contributed by atoms with Gasteiger partial charge in [0.15, 0.2) is 0 Å². The van der Waals surface area contributed by atoms with Crippen LogP contribution in [0.4, 0.5) is 11.8 Å². The van der Waals surface area contributed by atoms with E-state index in [1.165, 1.54) is 4.88 Å². The number of hydrogen-bond donors (Lipinski definition) is 2. The number of anilines is 2. The fourth-order valence-electron chi connectivity index (χ4n) is 1.20. The van der Waals surface area contributed by atoms with Gasteiger partial charge in [-0.1, -0.05) is 0 Å². The predicted molar refractivity (Wildman–Crippen MR) is 70.9 cm³/mol. The maximum absolute atomic E-state index is 4.28. The molecule has 0 aliphatic rings. The van der Waals surface area contributed by atoms with Crippen LogP contribution in [0.25, 0.3) is 0 Å². The summed E-state index contributed by atoms with van der Waals surface area (Å²) in [6.07, 6.45) is 1.73. The predicted octanol–water partition coefficient (Wildman–Crippen LogP) is 2.95. The maximum Gasteiger partial charge on any atom is 0.224 e. The summed E-state index contributed by atoms with van der Waals surface area (Å²) >= 11 is 5.20. The van der Waals surface area contributed by atoms with Crippen molar-refractivity contribution < 1.29 is 0 Å². The summed E-state index contributed by atoms with van der Waals surface area (Å²) in [4.78, 5) is 9.58. The third kappa shape index (κ3) is 2.70. The van der Waals surface area contributed by atoms with E-state index in [9.17, 15) is 0 Å². The first-order valence-corrected chi connectivity index (χ1v) is 6.43. The monoisotopic (exact) mass is 298 g/mol. The third-order valence-electron chi connectivity index (χ3n) is 2.00. The lowest BCUT2D eigenvalue weighted by Crippen LogP contribution is -2.03. The van der Waals surface area contributed by atoms with E-state index in [0.29, 0.717) is 5.95 Å². The first-order chi connectivity index (χ1) is 7.79. The van der Waals surface area contributed by atoms with Crippen LogP contribution in [0.15, 0.2) is 28.2 Å². The molecule has 0 radical (unpaired) electrons. The molecule has 0 fully saturated rings. The van der Waals surface area contributed by atoms with Gasteiger partial charge in [-0.3, -0.25) is 0 Å². The molecule has 2 aromatic heterocycles. The van der Waals surface area contributed by atoms with Gasteiger partial charge >= 0.3 is 0 Å². The van der Waals surface area contributed by atoms with Crippen molar-refractivity contribution in [2.75, 3.05) is 17.7 Å². The van der Waals surface area contributed by atoms with E-state index in [1.54, 1.807) is 24.6 Å². The molecule has 0 bridgehead atoms. The molecule has 2 heterocycles. The second-order valence-corrected chi connectivity index (χ2v) is 4.92. The number of nitrogens with one attached hydrogen (secondary N) is 2. The van der Waals surface area contributed by atoms with Crippen molar-refractivity contribution in [1.82, 2.24) is 9.97 Å². The summed E-state index contributed by atoms with van der Waals surface area (Å²) in [6, 6.07) is 3.89. The molecule has 2 aromatic rings. The molecule has 0 spiro atoms. The smallest absolute Gasteiger partial charge is 0.224 e. The Labute approximate surface area is 106 Å². The SMILES string of the molecule is CNc1nccc(NCc2sccc2Br)n1. The fourth-order valence-corrected chi connectivity index (χ4v) is 2.63. The molecule has 6 heteroatoms.